The minimum Gasteiger partial charge on any atom is -0.481 e. The molecule has 28 heavy (non-hydrogen) atoms. The molecule has 0 aliphatic rings. The van der Waals surface area contributed by atoms with Crippen molar-refractivity contribution in [3.05, 3.63) is 89.5 Å². The first kappa shape index (κ1) is 19.2. The van der Waals surface area contributed by atoms with Crippen molar-refractivity contribution in [2.24, 2.45) is 0 Å². The summed E-state index contributed by atoms with van der Waals surface area (Å²) in [6.07, 6.45) is 2.76. The highest BCUT2D eigenvalue weighted by Crippen LogP contribution is 2.23. The lowest BCUT2D eigenvalue weighted by Gasteiger charge is -2.19. The number of rotatable bonds is 6. The number of hydrogen-bond acceptors (Lipinski definition) is 3. The molecular weight excluding hydrogens is 359 g/mol. The molecule has 0 saturated carbocycles. The van der Waals surface area contributed by atoms with Gasteiger partial charge in [-0.05, 0) is 41.8 Å². The van der Waals surface area contributed by atoms with Crippen molar-refractivity contribution in [3.8, 4) is 11.1 Å². The third kappa shape index (κ3) is 4.59. The van der Waals surface area contributed by atoms with Crippen LogP contribution in [-0.4, -0.2) is 22.0 Å². The number of pyridine rings is 1. The predicted molar refractivity (Wildman–Crippen MR) is 103 cm³/mol. The van der Waals surface area contributed by atoms with Crippen LogP contribution in [-0.2, 0) is 4.79 Å². The zero-order chi connectivity index (χ0) is 20.1. The number of carboxylic acid groups (broad SMARTS) is 1. The van der Waals surface area contributed by atoms with Crippen molar-refractivity contribution >= 4 is 11.9 Å². The predicted octanol–water partition coefficient (Wildman–Crippen LogP) is 4.14. The van der Waals surface area contributed by atoms with Gasteiger partial charge in [0.15, 0.2) is 0 Å². The van der Waals surface area contributed by atoms with Crippen LogP contribution >= 0.6 is 0 Å². The minimum absolute atomic E-state index is 0.234. The van der Waals surface area contributed by atoms with Gasteiger partial charge in [0.25, 0.3) is 5.91 Å². The number of aromatic nitrogens is 1. The average molecular weight is 378 g/mol. The van der Waals surface area contributed by atoms with Gasteiger partial charge in [0.05, 0.1) is 18.0 Å². The topological polar surface area (TPSA) is 79.3 Å². The number of hydrogen-bond donors (Lipinski definition) is 2. The number of benzene rings is 2. The Hall–Kier alpha value is -3.54. The van der Waals surface area contributed by atoms with Crippen LogP contribution in [0.1, 0.15) is 33.9 Å². The monoisotopic (exact) mass is 378 g/mol. The Morgan fingerprint density at radius 3 is 2.46 bits per heavy atom. The van der Waals surface area contributed by atoms with Crippen LogP contribution in [0.4, 0.5) is 4.39 Å². The average Bonchev–Trinajstić information content (AvgIpc) is 2.68. The molecule has 1 atom stereocenters. The molecule has 0 aliphatic carbocycles. The quantitative estimate of drug-likeness (QED) is 0.676. The highest BCUT2D eigenvalue weighted by molar-refractivity contribution is 5.95. The van der Waals surface area contributed by atoms with Gasteiger partial charge in [0.2, 0.25) is 0 Å². The molecule has 0 bridgehead atoms. The molecule has 5 nitrogen and oxygen atoms in total. The lowest BCUT2D eigenvalue weighted by molar-refractivity contribution is -0.137. The second kappa shape index (κ2) is 8.43. The molecule has 0 spiro atoms. The summed E-state index contributed by atoms with van der Waals surface area (Å²) in [6, 6.07) is 14.2. The molecule has 0 aliphatic heterocycles. The summed E-state index contributed by atoms with van der Waals surface area (Å²) in [5.74, 6) is -1.78. The van der Waals surface area contributed by atoms with E-state index in [9.17, 15) is 19.1 Å². The fraction of sp³-hybridized carbons (Fsp3) is 0.136. The molecule has 6 heteroatoms. The van der Waals surface area contributed by atoms with E-state index in [1.165, 1.54) is 18.3 Å². The van der Waals surface area contributed by atoms with Crippen molar-refractivity contribution in [3.63, 3.8) is 0 Å². The number of carboxylic acids is 1. The van der Waals surface area contributed by atoms with Gasteiger partial charge in [-0.2, -0.15) is 0 Å². The summed E-state index contributed by atoms with van der Waals surface area (Å²) in [4.78, 5) is 28.1. The Kier molecular flexibility index (Phi) is 5.79. The van der Waals surface area contributed by atoms with E-state index in [4.69, 9.17) is 0 Å². The number of amides is 1. The van der Waals surface area contributed by atoms with E-state index in [0.29, 0.717) is 11.1 Å². The number of carbonyl (C=O) groups excluding carboxylic acids is 1. The molecule has 0 unspecified atom stereocenters. The Morgan fingerprint density at radius 2 is 1.79 bits per heavy atom. The number of aliphatic carboxylic acids is 1. The Balaban J connectivity index is 1.86. The van der Waals surface area contributed by atoms with Gasteiger partial charge in [0.1, 0.15) is 5.82 Å². The van der Waals surface area contributed by atoms with Gasteiger partial charge in [-0.25, -0.2) is 4.39 Å². The summed E-state index contributed by atoms with van der Waals surface area (Å²) in [5, 5.41) is 12.0. The maximum atomic E-state index is 13.1. The number of nitrogens with zero attached hydrogens (tertiary/aromatic N) is 1. The zero-order valence-corrected chi connectivity index (χ0v) is 15.2. The van der Waals surface area contributed by atoms with Crippen molar-refractivity contribution < 1.29 is 19.1 Å². The van der Waals surface area contributed by atoms with Gasteiger partial charge in [-0.15, -0.1) is 0 Å². The SMILES string of the molecule is Cc1ccccc1[C@H](CC(=O)O)NC(=O)c1cncc(-c2ccc(F)cc2)c1. The zero-order valence-electron chi connectivity index (χ0n) is 15.2. The number of aryl methyl sites for hydroxylation is 1. The van der Waals surface area contributed by atoms with Crippen molar-refractivity contribution in [2.45, 2.75) is 19.4 Å². The summed E-state index contributed by atoms with van der Waals surface area (Å²) in [7, 11) is 0. The van der Waals surface area contributed by atoms with Crippen LogP contribution in [0.5, 0.6) is 0 Å². The Morgan fingerprint density at radius 1 is 1.07 bits per heavy atom. The van der Waals surface area contributed by atoms with Crippen LogP contribution in [0.25, 0.3) is 11.1 Å². The number of halogens is 1. The molecule has 0 radical (unpaired) electrons. The third-order valence-electron chi connectivity index (χ3n) is 4.43. The maximum Gasteiger partial charge on any atom is 0.305 e. The van der Waals surface area contributed by atoms with Crippen LogP contribution < -0.4 is 5.32 Å². The van der Waals surface area contributed by atoms with E-state index in [1.807, 2.05) is 19.1 Å². The normalized spacial score (nSPS) is 11.6. The first-order chi connectivity index (χ1) is 13.4. The van der Waals surface area contributed by atoms with Crippen molar-refractivity contribution in [1.82, 2.24) is 10.3 Å². The Labute approximate surface area is 161 Å². The second-order valence-corrected chi connectivity index (χ2v) is 6.45. The molecule has 2 N–H and O–H groups in total. The molecule has 3 aromatic rings. The summed E-state index contributed by atoms with van der Waals surface area (Å²) < 4.78 is 13.1. The fourth-order valence-corrected chi connectivity index (χ4v) is 3.00. The Bertz CT molecular complexity index is 1000. The standard InChI is InChI=1S/C22H19FN2O3/c1-14-4-2-3-5-19(14)20(11-21(26)27)25-22(28)17-10-16(12-24-13-17)15-6-8-18(23)9-7-15/h2-10,12-13,20H,11H2,1H3,(H,25,28)(H,26,27)/t20-/m0/s1. The van der Waals surface area contributed by atoms with E-state index < -0.39 is 17.9 Å². The highest BCUT2D eigenvalue weighted by atomic mass is 19.1. The summed E-state index contributed by atoms with van der Waals surface area (Å²) in [5.41, 5.74) is 3.34. The van der Waals surface area contributed by atoms with Gasteiger partial charge >= 0.3 is 5.97 Å². The van der Waals surface area contributed by atoms with Crippen molar-refractivity contribution in [2.75, 3.05) is 0 Å². The summed E-state index contributed by atoms with van der Waals surface area (Å²) >= 11 is 0. The number of nitrogens with one attached hydrogen (secondary N) is 1. The first-order valence-corrected chi connectivity index (χ1v) is 8.73. The number of carbonyl (C=O) groups is 2. The molecule has 1 aromatic heterocycles. The van der Waals surface area contributed by atoms with E-state index >= 15 is 0 Å². The molecular formula is C22H19FN2O3. The molecule has 142 valence electrons. The molecule has 1 amide bonds. The van der Waals surface area contributed by atoms with E-state index in [1.54, 1.807) is 36.5 Å². The maximum absolute atomic E-state index is 13.1. The third-order valence-corrected chi connectivity index (χ3v) is 4.43. The highest BCUT2D eigenvalue weighted by Gasteiger charge is 2.20. The van der Waals surface area contributed by atoms with E-state index in [2.05, 4.69) is 10.3 Å². The van der Waals surface area contributed by atoms with Gasteiger partial charge in [0, 0.05) is 18.0 Å². The first-order valence-electron chi connectivity index (χ1n) is 8.73. The molecule has 0 fully saturated rings. The lowest BCUT2D eigenvalue weighted by atomic mass is 9.98. The van der Waals surface area contributed by atoms with Crippen LogP contribution in [0.2, 0.25) is 0 Å². The summed E-state index contributed by atoms with van der Waals surface area (Å²) in [6.45, 7) is 1.87. The minimum atomic E-state index is -1.01. The lowest BCUT2D eigenvalue weighted by Crippen LogP contribution is -2.30. The van der Waals surface area contributed by atoms with E-state index in [-0.39, 0.29) is 12.2 Å². The fourth-order valence-electron chi connectivity index (χ4n) is 3.00. The van der Waals surface area contributed by atoms with Crippen LogP contribution in [0.3, 0.4) is 0 Å². The van der Waals surface area contributed by atoms with Crippen LogP contribution in [0, 0.1) is 12.7 Å². The molecule has 1 heterocycles. The van der Waals surface area contributed by atoms with Gasteiger partial charge < -0.3 is 10.4 Å². The van der Waals surface area contributed by atoms with Crippen molar-refractivity contribution in [1.29, 1.82) is 0 Å². The van der Waals surface area contributed by atoms with Gasteiger partial charge in [-0.1, -0.05) is 36.4 Å². The second-order valence-electron chi connectivity index (χ2n) is 6.45. The smallest absolute Gasteiger partial charge is 0.305 e. The van der Waals surface area contributed by atoms with Gasteiger partial charge in [-0.3, -0.25) is 14.6 Å². The largest absolute Gasteiger partial charge is 0.481 e. The molecule has 3 rings (SSSR count). The molecule has 2 aromatic carbocycles. The van der Waals surface area contributed by atoms with Crippen LogP contribution in [0.15, 0.2) is 67.0 Å². The molecule has 0 saturated heterocycles. The van der Waals surface area contributed by atoms with E-state index in [0.717, 1.165) is 16.7 Å².